The van der Waals surface area contributed by atoms with Crippen LogP contribution in [0.5, 0.6) is 0 Å². The maximum Gasteiger partial charge on any atom is 0.123 e. The Hall–Kier alpha value is -0.890. The molecule has 0 aliphatic rings. The fraction of sp³-hybridized carbons (Fsp3) is 0.143. The summed E-state index contributed by atoms with van der Waals surface area (Å²) < 4.78 is 12.2. The molecule has 0 saturated heterocycles. The molecule has 1 rings (SSSR count). The fourth-order valence-corrected chi connectivity index (χ4v) is 0.620. The zero-order chi connectivity index (χ0) is 6.69. The van der Waals surface area contributed by atoms with Crippen LogP contribution in [0.4, 0.5) is 4.39 Å². The van der Waals surface area contributed by atoms with Gasteiger partial charge in [-0.2, -0.15) is 0 Å². The molecule has 0 spiro atoms. The topological polar surface area (TPSA) is 26.0 Å². The molecular weight excluding hydrogens is 116 g/mol. The van der Waals surface area contributed by atoms with Gasteiger partial charge in [0, 0.05) is 6.54 Å². The molecule has 0 amide bonds. The van der Waals surface area contributed by atoms with Crippen molar-refractivity contribution in [3.8, 4) is 0 Å². The van der Waals surface area contributed by atoms with E-state index in [1.807, 2.05) is 0 Å². The highest BCUT2D eigenvalue weighted by atomic mass is 18.2. The van der Waals surface area contributed by atoms with Crippen LogP contribution in [0, 0.1) is 5.82 Å². The van der Waals surface area contributed by atoms with Crippen LogP contribution in [-0.4, -0.2) is 0 Å². The Bertz CT molecular complexity index is 181. The van der Waals surface area contributed by atoms with E-state index in [0.717, 1.165) is 5.56 Å². The molecule has 1 aromatic carbocycles. The largest absolute Gasteiger partial charge is 0.326 e. The van der Waals surface area contributed by atoms with E-state index in [0.29, 0.717) is 6.54 Å². The van der Waals surface area contributed by atoms with E-state index in [2.05, 4.69) is 0 Å². The minimum atomic E-state index is -0.216. The van der Waals surface area contributed by atoms with Crippen molar-refractivity contribution in [2.24, 2.45) is 5.73 Å². The summed E-state index contributed by atoms with van der Waals surface area (Å²) >= 11 is 0. The first kappa shape index (κ1) is 6.23. The second-order valence-electron chi connectivity index (χ2n) is 1.83. The van der Waals surface area contributed by atoms with E-state index in [1.54, 1.807) is 12.1 Å². The van der Waals surface area contributed by atoms with Crippen LogP contribution in [0.3, 0.4) is 0 Å². The number of hydrogen-bond acceptors (Lipinski definition) is 1. The molecule has 0 aliphatic heterocycles. The van der Waals surface area contributed by atoms with Gasteiger partial charge >= 0.3 is 0 Å². The molecule has 1 aromatic rings. The third-order valence-electron chi connectivity index (χ3n) is 1.15. The van der Waals surface area contributed by atoms with Crippen molar-refractivity contribution in [3.63, 3.8) is 0 Å². The summed E-state index contributed by atoms with van der Waals surface area (Å²) in [5, 5.41) is 0. The summed E-state index contributed by atoms with van der Waals surface area (Å²) in [6.45, 7) is 0.472. The van der Waals surface area contributed by atoms with Gasteiger partial charge in [-0.05, 0) is 17.7 Å². The van der Waals surface area contributed by atoms with Gasteiger partial charge in [0.15, 0.2) is 0 Å². The Labute approximate surface area is 53.3 Å². The Morgan fingerprint density at radius 3 is 2.22 bits per heavy atom. The number of hydrogen-bond donors (Lipinski definition) is 1. The van der Waals surface area contributed by atoms with Crippen LogP contribution in [-0.2, 0) is 6.54 Å². The first-order valence-electron chi connectivity index (χ1n) is 2.77. The average Bonchev–Trinajstić information content (AvgIpc) is 1.90. The molecule has 0 bridgehead atoms. The van der Waals surface area contributed by atoms with Crippen LogP contribution in [0.15, 0.2) is 24.3 Å². The lowest BCUT2D eigenvalue weighted by Gasteiger charge is -1.92. The van der Waals surface area contributed by atoms with Crippen molar-refractivity contribution in [3.05, 3.63) is 35.6 Å². The smallest absolute Gasteiger partial charge is 0.123 e. The first-order chi connectivity index (χ1) is 4.33. The van der Waals surface area contributed by atoms with Crippen LogP contribution in [0.2, 0.25) is 0 Å². The fourth-order valence-electron chi connectivity index (χ4n) is 0.620. The molecule has 48 valence electrons. The lowest BCUT2D eigenvalue weighted by Crippen LogP contribution is -1.94. The molecule has 0 aromatic heterocycles. The second kappa shape index (κ2) is 2.60. The number of benzene rings is 1. The average molecular weight is 124 g/mol. The van der Waals surface area contributed by atoms with Crippen molar-refractivity contribution in [1.82, 2.24) is 0 Å². The van der Waals surface area contributed by atoms with Gasteiger partial charge in [0.05, 0.1) is 0 Å². The van der Waals surface area contributed by atoms with E-state index in [1.165, 1.54) is 12.1 Å². The maximum absolute atomic E-state index is 12.2. The Morgan fingerprint density at radius 2 is 1.78 bits per heavy atom. The van der Waals surface area contributed by atoms with Gasteiger partial charge in [-0.1, -0.05) is 12.1 Å². The van der Waals surface area contributed by atoms with Gasteiger partial charge in [0.25, 0.3) is 0 Å². The molecule has 0 fully saturated rings. The molecule has 0 radical (unpaired) electrons. The Kier molecular flexibility index (Phi) is 1.80. The highest BCUT2D eigenvalue weighted by Crippen LogP contribution is 2.00. The summed E-state index contributed by atoms with van der Waals surface area (Å²) in [5.74, 6) is -0.216. The molecule has 0 saturated carbocycles. The molecule has 0 unspecified atom stereocenters. The third kappa shape index (κ3) is 1.50. The predicted molar refractivity (Wildman–Crippen MR) is 34.3 cm³/mol. The molecule has 2 heteroatoms. The van der Waals surface area contributed by atoms with Crippen molar-refractivity contribution in [2.45, 2.75) is 6.54 Å². The molecule has 0 atom stereocenters. The van der Waals surface area contributed by atoms with Crippen molar-refractivity contribution in [1.29, 1.82) is 0 Å². The highest BCUT2D eigenvalue weighted by molar-refractivity contribution is 5.15. The van der Waals surface area contributed by atoms with Gasteiger partial charge in [0.1, 0.15) is 5.82 Å². The maximum atomic E-state index is 12.2. The standard InChI is InChI=1S/C7H8FN/c8-7-3-1-6(5-9)2-4-7/h1-4H,5,9H2/i8-1. The second-order valence-corrected chi connectivity index (χ2v) is 1.83. The SMILES string of the molecule is NCc1ccc([18F])cc1. The van der Waals surface area contributed by atoms with Gasteiger partial charge < -0.3 is 5.73 Å². The monoisotopic (exact) mass is 124 g/mol. The molecule has 0 heterocycles. The molecule has 0 aliphatic carbocycles. The molecule has 1 nitrogen and oxygen atoms in total. The van der Waals surface area contributed by atoms with Crippen LogP contribution < -0.4 is 5.73 Å². The third-order valence-corrected chi connectivity index (χ3v) is 1.15. The van der Waals surface area contributed by atoms with Crippen LogP contribution in [0.1, 0.15) is 5.56 Å². The quantitative estimate of drug-likeness (QED) is 0.599. The molecular formula is C7H8FN. The number of rotatable bonds is 1. The summed E-state index contributed by atoms with van der Waals surface area (Å²) in [4.78, 5) is 0. The number of halogens is 1. The predicted octanol–water partition coefficient (Wildman–Crippen LogP) is 1.28. The van der Waals surface area contributed by atoms with Crippen molar-refractivity contribution >= 4 is 0 Å². The summed E-state index contributed by atoms with van der Waals surface area (Å²) in [5.41, 5.74) is 6.23. The van der Waals surface area contributed by atoms with Crippen LogP contribution >= 0.6 is 0 Å². The Morgan fingerprint density at radius 1 is 1.22 bits per heavy atom. The first-order valence-corrected chi connectivity index (χ1v) is 2.77. The summed E-state index contributed by atoms with van der Waals surface area (Å²) in [6.07, 6.45) is 0. The van der Waals surface area contributed by atoms with Crippen LogP contribution in [0.25, 0.3) is 0 Å². The van der Waals surface area contributed by atoms with Gasteiger partial charge in [0.2, 0.25) is 0 Å². The minimum absolute atomic E-state index is 0.216. The van der Waals surface area contributed by atoms with Gasteiger partial charge in [-0.15, -0.1) is 0 Å². The van der Waals surface area contributed by atoms with E-state index >= 15 is 0 Å². The lowest BCUT2D eigenvalue weighted by molar-refractivity contribution is 0.627. The highest BCUT2D eigenvalue weighted by Gasteiger charge is 1.87. The minimum Gasteiger partial charge on any atom is -0.326 e. The van der Waals surface area contributed by atoms with E-state index in [9.17, 15) is 4.39 Å². The van der Waals surface area contributed by atoms with Gasteiger partial charge in [-0.3, -0.25) is 0 Å². The summed E-state index contributed by atoms with van der Waals surface area (Å²) in [6, 6.07) is 6.16. The van der Waals surface area contributed by atoms with E-state index in [4.69, 9.17) is 5.73 Å². The Balaban J connectivity index is 2.88. The molecule has 9 heavy (non-hydrogen) atoms. The number of nitrogens with two attached hydrogens (primary N) is 1. The van der Waals surface area contributed by atoms with Crippen molar-refractivity contribution < 1.29 is 4.39 Å². The normalized spacial score (nSPS) is 9.56. The van der Waals surface area contributed by atoms with E-state index < -0.39 is 0 Å². The van der Waals surface area contributed by atoms with Crippen molar-refractivity contribution in [2.75, 3.05) is 0 Å². The summed E-state index contributed by atoms with van der Waals surface area (Å²) in [7, 11) is 0. The van der Waals surface area contributed by atoms with Gasteiger partial charge in [-0.25, -0.2) is 4.39 Å². The molecule has 2 N–H and O–H groups in total. The lowest BCUT2D eigenvalue weighted by atomic mass is 10.2. The zero-order valence-corrected chi connectivity index (χ0v) is 4.97. The van der Waals surface area contributed by atoms with E-state index in [-0.39, 0.29) is 5.82 Å². The zero-order valence-electron chi connectivity index (χ0n) is 4.97.